The fourth-order valence-electron chi connectivity index (χ4n) is 4.41. The van der Waals surface area contributed by atoms with E-state index in [2.05, 4.69) is 4.98 Å². The molecule has 4 rings (SSSR count). The highest BCUT2D eigenvalue weighted by Gasteiger charge is 2.24. The van der Waals surface area contributed by atoms with Gasteiger partial charge in [0.25, 0.3) is 0 Å². The van der Waals surface area contributed by atoms with Crippen molar-refractivity contribution in [2.24, 2.45) is 0 Å². The average molecular weight is 551 g/mol. The number of fused-ring (bicyclic) bond motifs is 1. The lowest BCUT2D eigenvalue weighted by molar-refractivity contribution is -0.149. The minimum Gasteiger partial charge on any atom is -0.481 e. The zero-order valence-corrected chi connectivity index (χ0v) is 24.0. The second-order valence-electron chi connectivity index (χ2n) is 8.88. The van der Waals surface area contributed by atoms with E-state index in [4.69, 9.17) is 21.1 Å². The summed E-state index contributed by atoms with van der Waals surface area (Å²) in [5.74, 6) is -0.648. The molecule has 0 amide bonds. The zero-order chi connectivity index (χ0) is 28.7. The van der Waals surface area contributed by atoms with Gasteiger partial charge in [-0.1, -0.05) is 67.4 Å². The first kappa shape index (κ1) is 29.9. The summed E-state index contributed by atoms with van der Waals surface area (Å²) in [5, 5.41) is 10.6. The van der Waals surface area contributed by atoms with Gasteiger partial charge in [-0.2, -0.15) is 4.98 Å². The molecule has 2 aromatic carbocycles. The maximum atomic E-state index is 13.6. The van der Waals surface area contributed by atoms with Crippen LogP contribution in [0.5, 0.6) is 5.88 Å². The number of carboxylic acids is 1. The van der Waals surface area contributed by atoms with E-state index in [0.717, 1.165) is 27.8 Å². The number of aromatic nitrogens is 2. The standard InChI is InChI=1S/C29H29ClN2O5.C2H6/c1-5-37-24(29(34)35)15-19-8-11-21(23(30)14-19)16-32-18(3)26(22-12-13-25(36-4)31-28(22)32)27(33)20-9-6-17(2)7-10-20;1-2/h6-14,24H,5,15-16H2,1-4H3,(H,34,35);1-2H3. The van der Waals surface area contributed by atoms with E-state index in [9.17, 15) is 14.7 Å². The van der Waals surface area contributed by atoms with Crippen molar-refractivity contribution in [1.29, 1.82) is 0 Å². The van der Waals surface area contributed by atoms with Crippen molar-refractivity contribution in [2.75, 3.05) is 13.7 Å². The topological polar surface area (TPSA) is 90.7 Å². The summed E-state index contributed by atoms with van der Waals surface area (Å²) in [7, 11) is 1.55. The van der Waals surface area contributed by atoms with Gasteiger partial charge in [0.2, 0.25) is 5.88 Å². The number of pyridine rings is 1. The van der Waals surface area contributed by atoms with Crippen molar-refractivity contribution in [3.05, 3.63) is 93.1 Å². The molecule has 0 radical (unpaired) electrons. The second-order valence-corrected chi connectivity index (χ2v) is 9.29. The number of carbonyl (C=O) groups is 2. The number of hydrogen-bond donors (Lipinski definition) is 1. The number of methoxy groups -OCH3 is 1. The molecule has 1 atom stereocenters. The summed E-state index contributed by atoms with van der Waals surface area (Å²) < 4.78 is 12.6. The highest BCUT2D eigenvalue weighted by Crippen LogP contribution is 2.31. The number of ketones is 1. The highest BCUT2D eigenvalue weighted by atomic mass is 35.5. The van der Waals surface area contributed by atoms with E-state index in [1.54, 1.807) is 26.2 Å². The molecule has 0 spiro atoms. The van der Waals surface area contributed by atoms with Gasteiger partial charge >= 0.3 is 5.97 Å². The fourth-order valence-corrected chi connectivity index (χ4v) is 4.68. The Morgan fingerprint density at radius 2 is 1.74 bits per heavy atom. The van der Waals surface area contributed by atoms with Crippen LogP contribution in [0.2, 0.25) is 5.02 Å². The molecule has 2 heterocycles. The van der Waals surface area contributed by atoms with E-state index >= 15 is 0 Å². The Morgan fingerprint density at radius 3 is 2.33 bits per heavy atom. The molecule has 0 saturated carbocycles. The predicted octanol–water partition coefficient (Wildman–Crippen LogP) is 6.65. The molecule has 1 N–H and O–H groups in total. The van der Waals surface area contributed by atoms with Crippen LogP contribution in [0.4, 0.5) is 0 Å². The highest BCUT2D eigenvalue weighted by molar-refractivity contribution is 6.31. The number of ether oxygens (including phenoxy) is 2. The number of halogens is 1. The van der Waals surface area contributed by atoms with Crippen LogP contribution in [0, 0.1) is 13.8 Å². The van der Waals surface area contributed by atoms with Gasteiger partial charge in [-0.3, -0.25) is 4.79 Å². The lowest BCUT2D eigenvalue weighted by Gasteiger charge is -2.14. The van der Waals surface area contributed by atoms with E-state index < -0.39 is 12.1 Å². The Labute approximate surface area is 234 Å². The Hall–Kier alpha value is -3.68. The molecule has 0 aliphatic heterocycles. The number of benzene rings is 2. The van der Waals surface area contributed by atoms with Crippen molar-refractivity contribution in [1.82, 2.24) is 9.55 Å². The van der Waals surface area contributed by atoms with Gasteiger partial charge in [-0.05, 0) is 44.0 Å². The number of hydrogen-bond acceptors (Lipinski definition) is 5. The molecule has 39 heavy (non-hydrogen) atoms. The molecule has 2 aromatic heterocycles. The van der Waals surface area contributed by atoms with Crippen LogP contribution >= 0.6 is 11.6 Å². The number of nitrogens with zero attached hydrogens (tertiary/aromatic N) is 2. The van der Waals surface area contributed by atoms with Crippen LogP contribution in [-0.2, 0) is 22.5 Å². The fraction of sp³-hybridized carbons (Fsp3) is 0.323. The third kappa shape index (κ3) is 6.67. The minimum absolute atomic E-state index is 0.0784. The van der Waals surface area contributed by atoms with Gasteiger partial charge in [0.1, 0.15) is 5.65 Å². The Balaban J connectivity index is 0.00000205. The minimum atomic E-state index is -1.01. The van der Waals surface area contributed by atoms with Crippen LogP contribution in [0.25, 0.3) is 11.0 Å². The molecule has 8 heteroatoms. The molecule has 7 nitrogen and oxygen atoms in total. The molecule has 0 aliphatic carbocycles. The van der Waals surface area contributed by atoms with Crippen LogP contribution < -0.4 is 4.74 Å². The molecule has 1 unspecified atom stereocenters. The predicted molar refractivity (Wildman–Crippen MR) is 154 cm³/mol. The lowest BCUT2D eigenvalue weighted by atomic mass is 10.0. The summed E-state index contributed by atoms with van der Waals surface area (Å²) in [4.78, 5) is 29.7. The third-order valence-electron chi connectivity index (χ3n) is 6.40. The summed E-state index contributed by atoms with van der Waals surface area (Å²) in [6.07, 6.45) is -0.725. The number of carbonyl (C=O) groups excluding carboxylic acids is 1. The van der Waals surface area contributed by atoms with Gasteiger partial charge in [0.05, 0.1) is 19.2 Å². The van der Waals surface area contributed by atoms with Crippen LogP contribution in [0.15, 0.2) is 54.6 Å². The van der Waals surface area contributed by atoms with E-state index in [1.807, 2.05) is 74.7 Å². The zero-order valence-electron chi connectivity index (χ0n) is 23.2. The second kappa shape index (κ2) is 13.4. The largest absolute Gasteiger partial charge is 0.481 e. The van der Waals surface area contributed by atoms with Crippen LogP contribution in [0.3, 0.4) is 0 Å². The average Bonchev–Trinajstić information content (AvgIpc) is 3.21. The maximum absolute atomic E-state index is 13.6. The SMILES string of the molecule is CC.CCOC(Cc1ccc(Cn2c(C)c(C(=O)c3ccc(C)cc3)c3ccc(OC)nc32)c(Cl)c1)C(=O)O. The molecular weight excluding hydrogens is 516 g/mol. The molecule has 0 saturated heterocycles. The molecule has 0 fully saturated rings. The number of aliphatic carboxylic acids is 1. The molecule has 4 aromatic rings. The molecule has 0 bridgehead atoms. The molecule has 206 valence electrons. The molecule has 0 aliphatic rings. The normalized spacial score (nSPS) is 11.6. The van der Waals surface area contributed by atoms with Crippen LogP contribution in [-0.4, -0.2) is 46.2 Å². The van der Waals surface area contributed by atoms with Crippen molar-refractivity contribution in [3.8, 4) is 5.88 Å². The Kier molecular flexibility index (Phi) is 10.3. The van der Waals surface area contributed by atoms with Crippen molar-refractivity contribution >= 4 is 34.4 Å². The first-order chi connectivity index (χ1) is 18.7. The summed E-state index contributed by atoms with van der Waals surface area (Å²) in [6.45, 7) is 10.3. The maximum Gasteiger partial charge on any atom is 0.333 e. The number of rotatable bonds is 10. The van der Waals surface area contributed by atoms with E-state index in [0.29, 0.717) is 40.8 Å². The Morgan fingerprint density at radius 1 is 1.05 bits per heavy atom. The van der Waals surface area contributed by atoms with E-state index in [1.165, 1.54) is 0 Å². The van der Waals surface area contributed by atoms with Gasteiger partial charge in [0.15, 0.2) is 11.9 Å². The first-order valence-electron chi connectivity index (χ1n) is 13.0. The third-order valence-corrected chi connectivity index (χ3v) is 6.75. The summed E-state index contributed by atoms with van der Waals surface area (Å²) in [6, 6.07) is 16.6. The first-order valence-corrected chi connectivity index (χ1v) is 13.4. The van der Waals surface area contributed by atoms with Gasteiger partial charge in [-0.15, -0.1) is 0 Å². The van der Waals surface area contributed by atoms with Gasteiger partial charge < -0.3 is 19.1 Å². The number of carboxylic acid groups (broad SMARTS) is 1. The van der Waals surface area contributed by atoms with Crippen molar-refractivity contribution in [3.63, 3.8) is 0 Å². The van der Waals surface area contributed by atoms with E-state index in [-0.39, 0.29) is 12.2 Å². The molecular formula is C31H35ClN2O5. The monoisotopic (exact) mass is 550 g/mol. The van der Waals surface area contributed by atoms with Crippen molar-refractivity contribution < 1.29 is 24.2 Å². The Bertz CT molecular complexity index is 1460. The quantitative estimate of drug-likeness (QED) is 0.222. The summed E-state index contributed by atoms with van der Waals surface area (Å²) in [5.41, 5.74) is 5.23. The smallest absolute Gasteiger partial charge is 0.333 e. The lowest BCUT2D eigenvalue weighted by Crippen LogP contribution is -2.26. The van der Waals surface area contributed by atoms with Gasteiger partial charge in [0, 0.05) is 40.8 Å². The summed E-state index contributed by atoms with van der Waals surface area (Å²) >= 11 is 6.65. The van der Waals surface area contributed by atoms with Crippen LogP contribution in [0.1, 0.15) is 59.1 Å². The van der Waals surface area contributed by atoms with Gasteiger partial charge in [-0.25, -0.2) is 4.79 Å². The van der Waals surface area contributed by atoms with Crippen molar-refractivity contribution in [2.45, 2.75) is 53.7 Å². The number of aryl methyl sites for hydroxylation is 1.